The van der Waals surface area contributed by atoms with Crippen LogP contribution in [0, 0.1) is 5.82 Å². The molecule has 28 heavy (non-hydrogen) atoms. The number of phenolic OH excluding ortho intramolecular Hbond substituents is 1. The van der Waals surface area contributed by atoms with Crippen LogP contribution in [0.5, 0.6) is 11.5 Å². The maximum absolute atomic E-state index is 13.4. The number of guanidine groups is 1. The van der Waals surface area contributed by atoms with Gasteiger partial charge >= 0.3 is 0 Å². The lowest BCUT2D eigenvalue weighted by Gasteiger charge is -2.13. The average molecular weight is 503 g/mol. The normalized spacial score (nSPS) is 10.9. The van der Waals surface area contributed by atoms with Gasteiger partial charge in [0.05, 0.1) is 13.2 Å². The van der Waals surface area contributed by atoms with Gasteiger partial charge in [0.15, 0.2) is 17.5 Å². The summed E-state index contributed by atoms with van der Waals surface area (Å²) >= 11 is 0. The molecule has 0 fully saturated rings. The average Bonchev–Trinajstić information content (AvgIpc) is 2.66. The van der Waals surface area contributed by atoms with Crippen molar-refractivity contribution in [2.75, 3.05) is 32.2 Å². The van der Waals surface area contributed by atoms with Crippen LogP contribution in [0.2, 0.25) is 0 Å². The van der Waals surface area contributed by atoms with Gasteiger partial charge in [-0.3, -0.25) is 0 Å². The molecule has 0 amide bonds. The van der Waals surface area contributed by atoms with Crippen molar-refractivity contribution >= 4 is 35.6 Å². The second-order valence-electron chi connectivity index (χ2n) is 5.83. The molecule has 0 atom stereocenters. The number of rotatable bonds is 9. The number of hydrogen-bond acceptors (Lipinski definition) is 4. The number of aromatic hydroxyl groups is 1. The van der Waals surface area contributed by atoms with Crippen molar-refractivity contribution < 1.29 is 19.0 Å². The summed E-state index contributed by atoms with van der Waals surface area (Å²) in [6.07, 6.45) is 0.821. The first-order valence-electron chi connectivity index (χ1n) is 8.87. The summed E-state index contributed by atoms with van der Waals surface area (Å²) in [5, 5.41) is 15.6. The highest BCUT2D eigenvalue weighted by atomic mass is 127. The van der Waals surface area contributed by atoms with Crippen LogP contribution in [-0.2, 0) is 11.3 Å². The fraction of sp³-hybridized carbons (Fsp3) is 0.350. The molecule has 8 heteroatoms. The van der Waals surface area contributed by atoms with Gasteiger partial charge in [-0.1, -0.05) is 12.1 Å². The number of benzene rings is 2. The van der Waals surface area contributed by atoms with Crippen LogP contribution >= 0.6 is 24.0 Å². The first-order chi connectivity index (χ1) is 13.1. The number of methoxy groups -OCH3 is 1. The van der Waals surface area contributed by atoms with Gasteiger partial charge in [-0.05, 0) is 36.8 Å². The Hall–Kier alpha value is -2.07. The molecule has 2 rings (SSSR count). The van der Waals surface area contributed by atoms with Crippen LogP contribution < -0.4 is 15.4 Å². The first-order valence-corrected chi connectivity index (χ1v) is 8.87. The minimum atomic E-state index is -0.654. The molecule has 0 unspecified atom stereocenters. The maximum Gasteiger partial charge on any atom is 0.196 e. The smallest absolute Gasteiger partial charge is 0.196 e. The summed E-state index contributed by atoms with van der Waals surface area (Å²) in [6.45, 7) is 4.17. The van der Waals surface area contributed by atoms with Crippen LogP contribution in [0.3, 0.4) is 0 Å². The van der Waals surface area contributed by atoms with Gasteiger partial charge in [0.1, 0.15) is 5.75 Å². The highest BCUT2D eigenvalue weighted by molar-refractivity contribution is 14.0. The number of ether oxygens (including phenoxy) is 2. The number of nitrogens with zero attached hydrogens (tertiary/aromatic N) is 1. The van der Waals surface area contributed by atoms with Crippen molar-refractivity contribution in [1.29, 1.82) is 0 Å². The molecule has 0 bridgehead atoms. The van der Waals surface area contributed by atoms with Gasteiger partial charge < -0.3 is 25.2 Å². The van der Waals surface area contributed by atoms with Gasteiger partial charge in [0.2, 0.25) is 0 Å². The summed E-state index contributed by atoms with van der Waals surface area (Å²) in [5.41, 5.74) is 1.49. The summed E-state index contributed by atoms with van der Waals surface area (Å²) in [7, 11) is 1.67. The van der Waals surface area contributed by atoms with Crippen LogP contribution in [0.25, 0.3) is 0 Å². The van der Waals surface area contributed by atoms with Gasteiger partial charge in [-0.15, -0.1) is 24.0 Å². The summed E-state index contributed by atoms with van der Waals surface area (Å²) in [5.74, 6) is 0.309. The number of hydrogen-bond donors (Lipinski definition) is 3. The Labute approximate surface area is 182 Å². The highest BCUT2D eigenvalue weighted by Crippen LogP contribution is 2.18. The first kappa shape index (κ1) is 24.0. The van der Waals surface area contributed by atoms with Gasteiger partial charge in [-0.25, -0.2) is 9.38 Å². The fourth-order valence-electron chi connectivity index (χ4n) is 2.32. The van der Waals surface area contributed by atoms with E-state index in [1.807, 2.05) is 31.2 Å². The predicted molar refractivity (Wildman–Crippen MR) is 120 cm³/mol. The lowest BCUT2D eigenvalue weighted by molar-refractivity contribution is 0.172. The van der Waals surface area contributed by atoms with Crippen molar-refractivity contribution in [3.63, 3.8) is 0 Å². The molecule has 6 nitrogen and oxygen atoms in total. The zero-order chi connectivity index (χ0) is 19.5. The SMILES string of the molecule is CCNC(=NCc1ccc(O)c(F)c1)Nc1cccc(OCCCOC)c1.I. The zero-order valence-corrected chi connectivity index (χ0v) is 18.4. The van der Waals surface area contributed by atoms with E-state index in [-0.39, 0.29) is 36.3 Å². The van der Waals surface area contributed by atoms with E-state index in [0.29, 0.717) is 31.3 Å². The molecule has 0 spiro atoms. The van der Waals surface area contributed by atoms with Crippen LogP contribution in [0.4, 0.5) is 10.1 Å². The molecule has 0 heterocycles. The third-order valence-corrected chi connectivity index (χ3v) is 3.63. The van der Waals surface area contributed by atoms with E-state index in [4.69, 9.17) is 9.47 Å². The van der Waals surface area contributed by atoms with E-state index in [1.165, 1.54) is 12.1 Å². The Morgan fingerprint density at radius 3 is 2.71 bits per heavy atom. The van der Waals surface area contributed by atoms with Crippen molar-refractivity contribution in [2.45, 2.75) is 19.9 Å². The third-order valence-electron chi connectivity index (χ3n) is 3.63. The largest absolute Gasteiger partial charge is 0.505 e. The Morgan fingerprint density at radius 2 is 2.00 bits per heavy atom. The fourth-order valence-corrected chi connectivity index (χ4v) is 2.32. The minimum Gasteiger partial charge on any atom is -0.505 e. The van der Waals surface area contributed by atoms with Gasteiger partial charge in [0.25, 0.3) is 0 Å². The summed E-state index contributed by atoms with van der Waals surface area (Å²) < 4.78 is 24.1. The number of nitrogens with one attached hydrogen (secondary N) is 2. The molecular weight excluding hydrogens is 476 g/mol. The zero-order valence-electron chi connectivity index (χ0n) is 16.1. The Bertz CT molecular complexity index is 759. The van der Waals surface area contributed by atoms with E-state index in [2.05, 4.69) is 15.6 Å². The number of phenols is 1. The quantitative estimate of drug-likeness (QED) is 0.208. The van der Waals surface area contributed by atoms with Gasteiger partial charge in [-0.2, -0.15) is 0 Å². The molecule has 0 aliphatic heterocycles. The topological polar surface area (TPSA) is 75.1 Å². The highest BCUT2D eigenvalue weighted by Gasteiger charge is 2.04. The number of aliphatic imine (C=N–C) groups is 1. The third kappa shape index (κ3) is 8.30. The van der Waals surface area contributed by atoms with Crippen LogP contribution in [0.1, 0.15) is 18.9 Å². The van der Waals surface area contributed by atoms with E-state index < -0.39 is 5.82 Å². The van der Waals surface area contributed by atoms with Crippen molar-refractivity contribution in [2.24, 2.45) is 4.99 Å². The van der Waals surface area contributed by atoms with Crippen molar-refractivity contribution in [3.05, 3.63) is 53.8 Å². The molecule has 0 aromatic heterocycles. The number of anilines is 1. The van der Waals surface area contributed by atoms with E-state index in [1.54, 1.807) is 13.2 Å². The summed E-state index contributed by atoms with van der Waals surface area (Å²) in [4.78, 5) is 4.45. The van der Waals surface area contributed by atoms with Crippen molar-refractivity contribution in [3.8, 4) is 11.5 Å². The molecule has 0 saturated carbocycles. The monoisotopic (exact) mass is 503 g/mol. The summed E-state index contributed by atoms with van der Waals surface area (Å²) in [6, 6.07) is 11.8. The molecule has 2 aromatic rings. The molecule has 3 N–H and O–H groups in total. The standard InChI is InChI=1S/C20H26FN3O3.HI/c1-3-22-20(23-14-15-8-9-19(25)18(21)12-15)24-16-6-4-7-17(13-16)27-11-5-10-26-2;/h4,6-9,12-13,25H,3,5,10-11,14H2,1-2H3,(H2,22,23,24);1H. The van der Waals surface area contributed by atoms with E-state index in [0.717, 1.165) is 17.9 Å². The van der Waals surface area contributed by atoms with Crippen LogP contribution in [-0.4, -0.2) is 37.9 Å². The molecule has 2 aromatic carbocycles. The Balaban J connectivity index is 0.00000392. The lowest BCUT2D eigenvalue weighted by atomic mass is 10.2. The Kier molecular flexibility index (Phi) is 11.3. The second kappa shape index (κ2) is 13.2. The molecular formula is C20H27FIN3O3. The maximum atomic E-state index is 13.4. The molecule has 0 radical (unpaired) electrons. The minimum absolute atomic E-state index is 0. The second-order valence-corrected chi connectivity index (χ2v) is 5.83. The molecule has 0 saturated heterocycles. The Morgan fingerprint density at radius 1 is 1.18 bits per heavy atom. The van der Waals surface area contributed by atoms with Gasteiger partial charge in [0, 0.05) is 38.4 Å². The molecule has 0 aliphatic carbocycles. The lowest BCUT2D eigenvalue weighted by Crippen LogP contribution is -2.30. The predicted octanol–water partition coefficient (Wildman–Crippen LogP) is 4.14. The van der Waals surface area contributed by atoms with Crippen molar-refractivity contribution in [1.82, 2.24) is 5.32 Å². The van der Waals surface area contributed by atoms with E-state index in [9.17, 15) is 9.50 Å². The molecule has 0 aliphatic rings. The van der Waals surface area contributed by atoms with Crippen LogP contribution in [0.15, 0.2) is 47.5 Å². The number of halogens is 2. The van der Waals surface area contributed by atoms with E-state index >= 15 is 0 Å². The molecule has 154 valence electrons.